The number of rotatable bonds is 3. The number of benzene rings is 1. The molecule has 1 nitrogen and oxygen atoms in total. The summed E-state index contributed by atoms with van der Waals surface area (Å²) in [6.07, 6.45) is -0.858. The maximum Gasteiger partial charge on any atom is 0.161 e. The molecule has 0 amide bonds. The van der Waals surface area contributed by atoms with Crippen molar-refractivity contribution in [2.24, 2.45) is 0 Å². The Hall–Kier alpha value is -0.550. The Morgan fingerprint density at radius 1 is 1.14 bits per heavy atom. The summed E-state index contributed by atoms with van der Waals surface area (Å²) in [5, 5.41) is 9.42. The fraction of sp³-hybridized carbons (Fsp3) is 0.333. The molecule has 14 heavy (non-hydrogen) atoms. The smallest absolute Gasteiger partial charge is 0.161 e. The van der Waals surface area contributed by atoms with E-state index >= 15 is 0 Å². The van der Waals surface area contributed by atoms with Crippen LogP contribution >= 0.6 is 15.9 Å². The highest BCUT2D eigenvalue weighted by atomic mass is 79.9. The van der Waals surface area contributed by atoms with Crippen molar-refractivity contribution in [1.29, 1.82) is 0 Å². The van der Waals surface area contributed by atoms with Crippen LogP contribution in [0.2, 0.25) is 0 Å². The zero-order chi connectivity index (χ0) is 10.7. The van der Waals surface area contributed by atoms with Gasteiger partial charge in [0.05, 0.1) is 6.10 Å². The van der Waals surface area contributed by atoms with Gasteiger partial charge in [-0.3, -0.25) is 0 Å². The molecular weight excluding hydrogens is 261 g/mol. The van der Waals surface area contributed by atoms with Gasteiger partial charge in [-0.2, -0.15) is 0 Å². The van der Waals surface area contributed by atoms with Crippen molar-refractivity contribution in [3.8, 4) is 0 Å². The van der Waals surface area contributed by atoms with E-state index in [0.717, 1.165) is 6.07 Å². The third kappa shape index (κ3) is 2.72. The molecule has 0 bridgehead atoms. The number of hydrogen-bond donors (Lipinski definition) is 1. The molecule has 5 heteroatoms. The summed E-state index contributed by atoms with van der Waals surface area (Å²) >= 11 is 2.99. The van der Waals surface area contributed by atoms with Gasteiger partial charge in [-0.15, -0.1) is 0 Å². The molecule has 1 N–H and O–H groups in total. The third-order valence-corrected chi connectivity index (χ3v) is 2.47. The molecule has 0 saturated carbocycles. The van der Waals surface area contributed by atoms with Crippen molar-refractivity contribution in [3.63, 3.8) is 0 Å². The number of aliphatic hydroxyl groups is 1. The minimum absolute atomic E-state index is 0.0316. The van der Waals surface area contributed by atoms with E-state index in [1.54, 1.807) is 0 Å². The van der Waals surface area contributed by atoms with Crippen LogP contribution in [0.5, 0.6) is 0 Å². The summed E-state index contributed by atoms with van der Waals surface area (Å²) in [5.41, 5.74) is -0.0316. The van der Waals surface area contributed by atoms with Crippen molar-refractivity contribution in [1.82, 2.24) is 0 Å². The average molecular weight is 269 g/mol. The van der Waals surface area contributed by atoms with Crippen LogP contribution in [-0.4, -0.2) is 16.5 Å². The molecule has 0 saturated heterocycles. The first-order chi connectivity index (χ1) is 6.54. The molecule has 1 aromatic carbocycles. The molecule has 1 rings (SSSR count). The van der Waals surface area contributed by atoms with E-state index in [4.69, 9.17) is 5.11 Å². The van der Waals surface area contributed by atoms with Crippen LogP contribution in [-0.2, 0) is 6.42 Å². The largest absolute Gasteiger partial charge is 0.392 e. The van der Waals surface area contributed by atoms with Gasteiger partial charge in [0.2, 0.25) is 0 Å². The maximum absolute atomic E-state index is 13.0. The van der Waals surface area contributed by atoms with Gasteiger partial charge >= 0.3 is 0 Å². The topological polar surface area (TPSA) is 20.2 Å². The lowest BCUT2D eigenvalue weighted by atomic mass is 10.1. The molecule has 0 heterocycles. The molecule has 0 aromatic heterocycles. The number of halogens is 4. The van der Waals surface area contributed by atoms with Crippen LogP contribution in [0.25, 0.3) is 0 Å². The van der Waals surface area contributed by atoms with Gasteiger partial charge in [0.1, 0.15) is 5.82 Å². The van der Waals surface area contributed by atoms with E-state index in [1.807, 2.05) is 0 Å². The zero-order valence-corrected chi connectivity index (χ0v) is 8.69. The van der Waals surface area contributed by atoms with E-state index in [9.17, 15) is 13.2 Å². The van der Waals surface area contributed by atoms with Crippen LogP contribution in [0.3, 0.4) is 0 Å². The maximum atomic E-state index is 13.0. The van der Waals surface area contributed by atoms with Gasteiger partial charge in [0.15, 0.2) is 11.6 Å². The van der Waals surface area contributed by atoms with E-state index in [-0.39, 0.29) is 17.3 Å². The standard InChI is InChI=1S/C9H8BrF3O/c10-4-6(14)1-5-2-8(12)9(13)3-7(5)11/h2-3,6,14H,1,4H2. The highest BCUT2D eigenvalue weighted by Crippen LogP contribution is 2.15. The Morgan fingerprint density at radius 2 is 1.71 bits per heavy atom. The molecule has 78 valence electrons. The summed E-state index contributed by atoms with van der Waals surface area (Å²) < 4.78 is 38.2. The fourth-order valence-corrected chi connectivity index (χ4v) is 1.26. The van der Waals surface area contributed by atoms with Crippen molar-refractivity contribution in [2.45, 2.75) is 12.5 Å². The zero-order valence-electron chi connectivity index (χ0n) is 7.11. The summed E-state index contributed by atoms with van der Waals surface area (Å²) in [7, 11) is 0. The van der Waals surface area contributed by atoms with E-state index in [1.165, 1.54) is 0 Å². The van der Waals surface area contributed by atoms with Gasteiger partial charge in [-0.05, 0) is 11.6 Å². The Morgan fingerprint density at radius 3 is 2.29 bits per heavy atom. The third-order valence-electron chi connectivity index (χ3n) is 1.72. The molecule has 0 aliphatic carbocycles. The predicted molar refractivity (Wildman–Crippen MR) is 49.8 cm³/mol. The first-order valence-electron chi connectivity index (χ1n) is 3.92. The summed E-state index contributed by atoms with van der Waals surface area (Å²) in [4.78, 5) is 0. The second-order valence-corrected chi connectivity index (χ2v) is 3.52. The average Bonchev–Trinajstić information content (AvgIpc) is 2.14. The molecule has 0 aliphatic heterocycles. The van der Waals surface area contributed by atoms with E-state index < -0.39 is 23.6 Å². The molecular formula is C9H8BrF3O. The summed E-state index contributed by atoms with van der Waals surface area (Å²) in [5.74, 6) is -3.17. The molecule has 0 fully saturated rings. The monoisotopic (exact) mass is 268 g/mol. The van der Waals surface area contributed by atoms with Crippen molar-refractivity contribution in [3.05, 3.63) is 35.1 Å². The second kappa shape index (κ2) is 4.79. The SMILES string of the molecule is OC(CBr)Cc1cc(F)c(F)cc1F. The second-order valence-electron chi connectivity index (χ2n) is 2.87. The van der Waals surface area contributed by atoms with E-state index in [0.29, 0.717) is 6.07 Å². The van der Waals surface area contributed by atoms with Crippen LogP contribution in [0.1, 0.15) is 5.56 Å². The summed E-state index contributed by atoms with van der Waals surface area (Å²) in [6.45, 7) is 0. The van der Waals surface area contributed by atoms with E-state index in [2.05, 4.69) is 15.9 Å². The van der Waals surface area contributed by atoms with Crippen molar-refractivity contribution < 1.29 is 18.3 Å². The molecule has 1 atom stereocenters. The van der Waals surface area contributed by atoms with Crippen LogP contribution < -0.4 is 0 Å². The van der Waals surface area contributed by atoms with Crippen molar-refractivity contribution in [2.75, 3.05) is 5.33 Å². The molecule has 0 aliphatic rings. The van der Waals surface area contributed by atoms with Crippen molar-refractivity contribution >= 4 is 15.9 Å². The first kappa shape index (κ1) is 11.5. The van der Waals surface area contributed by atoms with Crippen LogP contribution in [0.4, 0.5) is 13.2 Å². The normalized spacial score (nSPS) is 12.9. The van der Waals surface area contributed by atoms with Gasteiger partial charge in [0, 0.05) is 17.8 Å². The highest BCUT2D eigenvalue weighted by Gasteiger charge is 2.12. The lowest BCUT2D eigenvalue weighted by Crippen LogP contribution is -2.13. The quantitative estimate of drug-likeness (QED) is 0.660. The Bertz CT molecular complexity index is 330. The van der Waals surface area contributed by atoms with Crippen LogP contribution in [0.15, 0.2) is 12.1 Å². The molecule has 1 aromatic rings. The molecule has 1 unspecified atom stereocenters. The van der Waals surface area contributed by atoms with Gasteiger partial charge < -0.3 is 5.11 Å². The van der Waals surface area contributed by atoms with Gasteiger partial charge in [-0.1, -0.05) is 15.9 Å². The number of hydrogen-bond acceptors (Lipinski definition) is 1. The molecule has 0 spiro atoms. The number of alkyl halides is 1. The van der Waals surface area contributed by atoms with Gasteiger partial charge in [-0.25, -0.2) is 13.2 Å². The predicted octanol–water partition coefficient (Wildman–Crippen LogP) is 2.40. The lowest BCUT2D eigenvalue weighted by molar-refractivity contribution is 0.199. The van der Waals surface area contributed by atoms with Crippen LogP contribution in [0, 0.1) is 17.5 Å². The Labute approximate surface area is 87.7 Å². The summed E-state index contributed by atoms with van der Waals surface area (Å²) in [6, 6.07) is 1.24. The van der Waals surface area contributed by atoms with Gasteiger partial charge in [0.25, 0.3) is 0 Å². The fourth-order valence-electron chi connectivity index (χ4n) is 1.03. The minimum atomic E-state index is -1.22. The Balaban J connectivity index is 2.92. The lowest BCUT2D eigenvalue weighted by Gasteiger charge is -2.08. The minimum Gasteiger partial charge on any atom is -0.392 e. The first-order valence-corrected chi connectivity index (χ1v) is 5.04. The Kier molecular flexibility index (Phi) is 3.95. The highest BCUT2D eigenvalue weighted by molar-refractivity contribution is 9.09. The molecule has 0 radical (unpaired) electrons. The number of aliphatic hydroxyl groups excluding tert-OH is 1.